The maximum atomic E-state index is 13.4. The van der Waals surface area contributed by atoms with Crippen molar-refractivity contribution in [2.75, 3.05) is 39.3 Å². The highest BCUT2D eigenvalue weighted by Gasteiger charge is 2.36. The Bertz CT molecular complexity index is 572. The highest BCUT2D eigenvalue weighted by atomic mass is 16.5. The average molecular weight is 345 g/mol. The molecule has 138 valence electrons. The maximum absolute atomic E-state index is 13.4. The standard InChI is InChI=1S/C20H31N3O2/c1-3-16-15-23(14-11-21-16)19(20(24)22-12-7-8-13-22)17-9-5-6-10-18(17)25-4-2/h5-6,9-10,16,19,21H,3-4,7-8,11-15H2,1-2H3. The fourth-order valence-electron chi connectivity index (χ4n) is 3.95. The third-order valence-electron chi connectivity index (χ3n) is 5.31. The molecule has 2 heterocycles. The lowest BCUT2D eigenvalue weighted by Gasteiger charge is -2.39. The monoisotopic (exact) mass is 345 g/mol. The molecule has 0 aliphatic carbocycles. The Morgan fingerprint density at radius 3 is 2.72 bits per heavy atom. The molecule has 3 rings (SSSR count). The summed E-state index contributed by atoms with van der Waals surface area (Å²) in [7, 11) is 0. The van der Waals surface area contributed by atoms with Crippen LogP contribution < -0.4 is 10.1 Å². The fraction of sp³-hybridized carbons (Fsp3) is 0.650. The first-order valence-electron chi connectivity index (χ1n) is 9.72. The lowest BCUT2D eigenvalue weighted by molar-refractivity contribution is -0.136. The first-order valence-corrected chi connectivity index (χ1v) is 9.72. The number of piperazine rings is 1. The van der Waals surface area contributed by atoms with Gasteiger partial charge in [0, 0.05) is 44.3 Å². The normalized spacial score (nSPS) is 22.8. The minimum absolute atomic E-state index is 0.237. The van der Waals surface area contributed by atoms with Gasteiger partial charge in [0.1, 0.15) is 11.8 Å². The van der Waals surface area contributed by atoms with Crippen LogP contribution in [0.3, 0.4) is 0 Å². The summed E-state index contributed by atoms with van der Waals surface area (Å²) in [4.78, 5) is 17.8. The molecule has 5 heteroatoms. The van der Waals surface area contributed by atoms with E-state index in [4.69, 9.17) is 4.74 Å². The highest BCUT2D eigenvalue weighted by molar-refractivity contribution is 5.84. The first kappa shape index (κ1) is 18.2. The molecule has 2 fully saturated rings. The minimum atomic E-state index is -0.239. The number of likely N-dealkylation sites (tertiary alicyclic amines) is 1. The molecule has 2 aliphatic heterocycles. The van der Waals surface area contributed by atoms with Crippen molar-refractivity contribution in [2.45, 2.75) is 45.2 Å². The molecule has 1 amide bonds. The van der Waals surface area contributed by atoms with E-state index >= 15 is 0 Å². The lowest BCUT2D eigenvalue weighted by Crippen LogP contribution is -2.54. The van der Waals surface area contributed by atoms with Gasteiger partial charge in [-0.1, -0.05) is 25.1 Å². The van der Waals surface area contributed by atoms with Gasteiger partial charge in [-0.2, -0.15) is 0 Å². The maximum Gasteiger partial charge on any atom is 0.244 e. The number of amides is 1. The molecule has 1 N–H and O–H groups in total. The van der Waals surface area contributed by atoms with Gasteiger partial charge >= 0.3 is 0 Å². The van der Waals surface area contributed by atoms with E-state index in [2.05, 4.69) is 23.2 Å². The molecular weight excluding hydrogens is 314 g/mol. The molecule has 0 bridgehead atoms. The number of benzene rings is 1. The predicted molar refractivity (Wildman–Crippen MR) is 99.8 cm³/mol. The molecule has 1 aromatic carbocycles. The second-order valence-corrected chi connectivity index (χ2v) is 6.96. The topological polar surface area (TPSA) is 44.8 Å². The summed E-state index contributed by atoms with van der Waals surface area (Å²) < 4.78 is 5.86. The second-order valence-electron chi connectivity index (χ2n) is 6.96. The zero-order valence-electron chi connectivity index (χ0n) is 15.5. The fourth-order valence-corrected chi connectivity index (χ4v) is 3.95. The lowest BCUT2D eigenvalue weighted by atomic mass is 10.00. The predicted octanol–water partition coefficient (Wildman–Crippen LogP) is 2.43. The Labute approximate surface area is 151 Å². The van der Waals surface area contributed by atoms with Crippen molar-refractivity contribution in [3.63, 3.8) is 0 Å². The summed E-state index contributed by atoms with van der Waals surface area (Å²) in [6, 6.07) is 8.26. The van der Waals surface area contributed by atoms with E-state index < -0.39 is 0 Å². The van der Waals surface area contributed by atoms with E-state index in [1.165, 1.54) is 0 Å². The summed E-state index contributed by atoms with van der Waals surface area (Å²) in [6.07, 6.45) is 3.31. The Morgan fingerprint density at radius 1 is 1.24 bits per heavy atom. The summed E-state index contributed by atoms with van der Waals surface area (Å²) in [5, 5.41) is 3.56. The SMILES string of the molecule is CCOc1ccccc1C(C(=O)N1CCCC1)N1CCNC(CC)C1. The Balaban J connectivity index is 1.92. The van der Waals surface area contributed by atoms with Crippen LogP contribution >= 0.6 is 0 Å². The first-order chi connectivity index (χ1) is 12.2. The quantitative estimate of drug-likeness (QED) is 0.860. The number of nitrogens with one attached hydrogen (secondary N) is 1. The van der Waals surface area contributed by atoms with Crippen LogP contribution in [0.4, 0.5) is 0 Å². The highest BCUT2D eigenvalue weighted by Crippen LogP contribution is 2.33. The van der Waals surface area contributed by atoms with Crippen LogP contribution in [0.2, 0.25) is 0 Å². The average Bonchev–Trinajstić information content (AvgIpc) is 3.18. The van der Waals surface area contributed by atoms with Crippen LogP contribution in [0, 0.1) is 0 Å². The number of carbonyl (C=O) groups excluding carboxylic acids is 1. The Morgan fingerprint density at radius 2 is 2.00 bits per heavy atom. The van der Waals surface area contributed by atoms with Gasteiger partial charge in [0.25, 0.3) is 0 Å². The largest absolute Gasteiger partial charge is 0.494 e. The number of rotatable bonds is 6. The molecule has 25 heavy (non-hydrogen) atoms. The number of hydrogen-bond donors (Lipinski definition) is 1. The van der Waals surface area contributed by atoms with Crippen molar-refractivity contribution >= 4 is 5.91 Å². The van der Waals surface area contributed by atoms with Crippen LogP contribution in [0.25, 0.3) is 0 Å². The van der Waals surface area contributed by atoms with Crippen molar-refractivity contribution in [2.24, 2.45) is 0 Å². The number of hydrogen-bond acceptors (Lipinski definition) is 4. The third kappa shape index (κ3) is 4.15. The van der Waals surface area contributed by atoms with E-state index in [1.807, 2.05) is 30.0 Å². The summed E-state index contributed by atoms with van der Waals surface area (Å²) in [6.45, 7) is 9.30. The van der Waals surface area contributed by atoms with Crippen LogP contribution in [0.1, 0.15) is 44.7 Å². The molecule has 2 unspecified atom stereocenters. The van der Waals surface area contributed by atoms with Gasteiger partial charge in [0.15, 0.2) is 0 Å². The molecule has 2 saturated heterocycles. The summed E-state index contributed by atoms with van der Waals surface area (Å²) in [5.74, 6) is 1.08. The molecule has 2 atom stereocenters. The molecule has 0 radical (unpaired) electrons. The van der Waals surface area contributed by atoms with Gasteiger partial charge in [-0.05, 0) is 32.3 Å². The van der Waals surface area contributed by atoms with E-state index in [9.17, 15) is 4.79 Å². The van der Waals surface area contributed by atoms with Gasteiger partial charge < -0.3 is 15.0 Å². The molecule has 5 nitrogen and oxygen atoms in total. The molecular formula is C20H31N3O2. The number of ether oxygens (including phenoxy) is 1. The number of nitrogens with zero attached hydrogens (tertiary/aromatic N) is 2. The number of carbonyl (C=O) groups is 1. The summed E-state index contributed by atoms with van der Waals surface area (Å²) >= 11 is 0. The number of para-hydroxylation sites is 1. The van der Waals surface area contributed by atoms with E-state index in [-0.39, 0.29) is 11.9 Å². The Hall–Kier alpha value is -1.59. The van der Waals surface area contributed by atoms with Crippen molar-refractivity contribution < 1.29 is 9.53 Å². The molecule has 0 spiro atoms. The van der Waals surface area contributed by atoms with Gasteiger partial charge in [-0.25, -0.2) is 0 Å². The third-order valence-corrected chi connectivity index (χ3v) is 5.31. The van der Waals surface area contributed by atoms with Gasteiger partial charge in [0.05, 0.1) is 6.61 Å². The zero-order valence-corrected chi connectivity index (χ0v) is 15.5. The smallest absolute Gasteiger partial charge is 0.244 e. The van der Waals surface area contributed by atoms with Gasteiger partial charge in [-0.15, -0.1) is 0 Å². The van der Waals surface area contributed by atoms with Crippen LogP contribution in [-0.2, 0) is 4.79 Å². The minimum Gasteiger partial charge on any atom is -0.494 e. The van der Waals surface area contributed by atoms with E-state index in [0.29, 0.717) is 12.6 Å². The van der Waals surface area contributed by atoms with Crippen molar-refractivity contribution in [1.29, 1.82) is 0 Å². The van der Waals surface area contributed by atoms with Crippen LogP contribution in [0.5, 0.6) is 5.75 Å². The van der Waals surface area contributed by atoms with Crippen molar-refractivity contribution in [3.05, 3.63) is 29.8 Å². The second kappa shape index (κ2) is 8.68. The van der Waals surface area contributed by atoms with Gasteiger partial charge in [0.2, 0.25) is 5.91 Å². The van der Waals surface area contributed by atoms with Gasteiger partial charge in [-0.3, -0.25) is 9.69 Å². The summed E-state index contributed by atoms with van der Waals surface area (Å²) in [5.41, 5.74) is 1.01. The molecule has 1 aromatic rings. The van der Waals surface area contributed by atoms with Crippen molar-refractivity contribution in [1.82, 2.24) is 15.1 Å². The van der Waals surface area contributed by atoms with E-state index in [0.717, 1.165) is 63.3 Å². The molecule has 0 saturated carbocycles. The zero-order chi connectivity index (χ0) is 17.6. The van der Waals surface area contributed by atoms with Crippen LogP contribution in [-0.4, -0.2) is 61.1 Å². The van der Waals surface area contributed by atoms with E-state index in [1.54, 1.807) is 0 Å². The van der Waals surface area contributed by atoms with Crippen molar-refractivity contribution in [3.8, 4) is 5.75 Å². The Kier molecular flexibility index (Phi) is 6.32. The van der Waals surface area contributed by atoms with Crippen LogP contribution in [0.15, 0.2) is 24.3 Å². The molecule has 0 aromatic heterocycles. The molecule has 2 aliphatic rings.